The van der Waals surface area contributed by atoms with Crippen LogP contribution in [0.4, 0.5) is 24.5 Å². The van der Waals surface area contributed by atoms with E-state index < -0.39 is 17.6 Å². The van der Waals surface area contributed by atoms with E-state index in [9.17, 15) is 18.0 Å². The van der Waals surface area contributed by atoms with E-state index in [0.29, 0.717) is 11.9 Å². The summed E-state index contributed by atoms with van der Waals surface area (Å²) in [7, 11) is 1.45. The predicted molar refractivity (Wildman–Crippen MR) is 70.6 cm³/mol. The zero-order valence-corrected chi connectivity index (χ0v) is 10.9. The summed E-state index contributed by atoms with van der Waals surface area (Å²) in [5.41, 5.74) is 5.35. The van der Waals surface area contributed by atoms with Gasteiger partial charge in [-0.15, -0.1) is 0 Å². The van der Waals surface area contributed by atoms with Crippen molar-refractivity contribution in [1.82, 2.24) is 9.97 Å². The van der Waals surface area contributed by atoms with Crippen molar-refractivity contribution in [2.75, 3.05) is 17.7 Å². The Hall–Kier alpha value is -2.64. The fraction of sp³-hybridized carbons (Fsp3) is 0.154. The first-order valence-corrected chi connectivity index (χ1v) is 5.81. The molecule has 2 N–H and O–H groups in total. The van der Waals surface area contributed by atoms with Crippen molar-refractivity contribution in [3.05, 3.63) is 48.0 Å². The Kier molecular flexibility index (Phi) is 3.79. The molecule has 0 saturated heterocycles. The Balaban J connectivity index is 2.26. The maximum atomic E-state index is 12.4. The topological polar surface area (TPSA) is 72.1 Å². The van der Waals surface area contributed by atoms with Crippen molar-refractivity contribution < 1.29 is 18.0 Å². The van der Waals surface area contributed by atoms with Crippen LogP contribution in [0.2, 0.25) is 0 Å². The number of carbonyl (C=O) groups is 1. The minimum absolute atomic E-state index is 0.110. The standard InChI is InChI=1S/C13H11F3N4O/c1-20(11-4-5-18-7-9(11)17)12(21)10-3-2-8(6-19-10)13(14,15)16/h2-7H,17H2,1H3. The number of anilines is 2. The summed E-state index contributed by atoms with van der Waals surface area (Å²) in [4.78, 5) is 20.7. The number of hydrogen-bond donors (Lipinski definition) is 1. The van der Waals surface area contributed by atoms with Crippen LogP contribution in [0.5, 0.6) is 0 Å². The first kappa shape index (κ1) is 14.8. The molecule has 0 spiro atoms. The Morgan fingerprint density at radius 1 is 1.24 bits per heavy atom. The Labute approximate surface area is 118 Å². The number of hydrogen-bond acceptors (Lipinski definition) is 4. The van der Waals surface area contributed by atoms with Crippen molar-refractivity contribution in [2.45, 2.75) is 6.18 Å². The van der Waals surface area contributed by atoms with E-state index in [2.05, 4.69) is 9.97 Å². The fourth-order valence-electron chi connectivity index (χ4n) is 1.67. The molecule has 2 heterocycles. The number of carbonyl (C=O) groups excluding carboxylic acids is 1. The third kappa shape index (κ3) is 3.10. The molecule has 5 nitrogen and oxygen atoms in total. The largest absolute Gasteiger partial charge is 0.417 e. The summed E-state index contributed by atoms with van der Waals surface area (Å²) in [5.74, 6) is -0.568. The minimum Gasteiger partial charge on any atom is -0.396 e. The summed E-state index contributed by atoms with van der Waals surface area (Å²) in [6, 6.07) is 3.36. The highest BCUT2D eigenvalue weighted by atomic mass is 19.4. The van der Waals surface area contributed by atoms with Crippen LogP contribution < -0.4 is 10.6 Å². The first-order valence-electron chi connectivity index (χ1n) is 5.81. The molecule has 0 saturated carbocycles. The van der Waals surface area contributed by atoms with Gasteiger partial charge in [0.05, 0.1) is 23.1 Å². The van der Waals surface area contributed by atoms with E-state index in [0.717, 1.165) is 12.1 Å². The second-order valence-electron chi connectivity index (χ2n) is 4.23. The lowest BCUT2D eigenvalue weighted by molar-refractivity contribution is -0.137. The highest BCUT2D eigenvalue weighted by Gasteiger charge is 2.31. The number of aromatic nitrogens is 2. The molecule has 2 rings (SSSR count). The van der Waals surface area contributed by atoms with E-state index in [1.54, 1.807) is 0 Å². The minimum atomic E-state index is -4.49. The molecule has 8 heteroatoms. The van der Waals surface area contributed by atoms with Gasteiger partial charge < -0.3 is 10.6 Å². The highest BCUT2D eigenvalue weighted by molar-refractivity contribution is 6.05. The van der Waals surface area contributed by atoms with Gasteiger partial charge >= 0.3 is 6.18 Å². The highest BCUT2D eigenvalue weighted by Crippen LogP contribution is 2.28. The Morgan fingerprint density at radius 2 is 1.95 bits per heavy atom. The summed E-state index contributed by atoms with van der Waals surface area (Å²) in [6.45, 7) is 0. The molecule has 21 heavy (non-hydrogen) atoms. The molecular weight excluding hydrogens is 285 g/mol. The van der Waals surface area contributed by atoms with Crippen LogP contribution >= 0.6 is 0 Å². The zero-order chi connectivity index (χ0) is 15.6. The quantitative estimate of drug-likeness (QED) is 0.923. The Morgan fingerprint density at radius 3 is 2.48 bits per heavy atom. The smallest absolute Gasteiger partial charge is 0.396 e. The number of alkyl halides is 3. The van der Waals surface area contributed by atoms with Crippen molar-refractivity contribution in [1.29, 1.82) is 0 Å². The fourth-order valence-corrected chi connectivity index (χ4v) is 1.67. The van der Waals surface area contributed by atoms with Crippen LogP contribution in [0.15, 0.2) is 36.8 Å². The number of nitrogens with two attached hydrogens (primary N) is 1. The van der Waals surface area contributed by atoms with Gasteiger partial charge in [0.15, 0.2) is 0 Å². The lowest BCUT2D eigenvalue weighted by atomic mass is 10.2. The van der Waals surface area contributed by atoms with Gasteiger partial charge in [-0.25, -0.2) is 0 Å². The second-order valence-corrected chi connectivity index (χ2v) is 4.23. The van der Waals surface area contributed by atoms with Crippen LogP contribution in [-0.4, -0.2) is 22.9 Å². The molecule has 0 radical (unpaired) electrons. The molecule has 0 atom stereocenters. The van der Waals surface area contributed by atoms with E-state index in [4.69, 9.17) is 5.73 Å². The third-order valence-electron chi connectivity index (χ3n) is 2.80. The third-order valence-corrected chi connectivity index (χ3v) is 2.80. The summed E-state index contributed by atoms with van der Waals surface area (Å²) in [6.07, 6.45) is -1.04. The van der Waals surface area contributed by atoms with Gasteiger partial charge in [0.1, 0.15) is 5.69 Å². The molecule has 0 bridgehead atoms. The van der Waals surface area contributed by atoms with Crippen LogP contribution in [0.25, 0.3) is 0 Å². The molecule has 0 aliphatic rings. The number of rotatable bonds is 2. The van der Waals surface area contributed by atoms with Gasteiger partial charge in [-0.05, 0) is 18.2 Å². The van der Waals surface area contributed by atoms with Crippen molar-refractivity contribution in [2.24, 2.45) is 0 Å². The summed E-state index contributed by atoms with van der Waals surface area (Å²) >= 11 is 0. The maximum absolute atomic E-state index is 12.4. The maximum Gasteiger partial charge on any atom is 0.417 e. The van der Waals surface area contributed by atoms with Gasteiger partial charge in [-0.2, -0.15) is 13.2 Å². The Bertz CT molecular complexity index is 655. The van der Waals surface area contributed by atoms with E-state index >= 15 is 0 Å². The average molecular weight is 296 g/mol. The van der Waals surface area contributed by atoms with Crippen LogP contribution in [0.1, 0.15) is 16.1 Å². The van der Waals surface area contributed by atoms with Gasteiger partial charge in [0.25, 0.3) is 5.91 Å². The summed E-state index contributed by atoms with van der Waals surface area (Å²) in [5, 5.41) is 0. The average Bonchev–Trinajstić information content (AvgIpc) is 2.45. The number of nitrogens with zero attached hydrogens (tertiary/aromatic N) is 3. The van der Waals surface area contributed by atoms with Crippen molar-refractivity contribution >= 4 is 17.3 Å². The van der Waals surface area contributed by atoms with Crippen LogP contribution in [-0.2, 0) is 6.18 Å². The number of pyridine rings is 2. The van der Waals surface area contributed by atoms with E-state index in [1.807, 2.05) is 0 Å². The predicted octanol–water partition coefficient (Wildman–Crippen LogP) is 2.35. The summed E-state index contributed by atoms with van der Waals surface area (Å²) < 4.78 is 37.3. The zero-order valence-electron chi connectivity index (χ0n) is 10.9. The molecule has 0 aliphatic carbocycles. The monoisotopic (exact) mass is 296 g/mol. The lowest BCUT2D eigenvalue weighted by Crippen LogP contribution is -2.28. The number of nitrogen functional groups attached to an aromatic ring is 1. The molecule has 0 unspecified atom stereocenters. The number of halogens is 3. The van der Waals surface area contributed by atoms with Gasteiger partial charge in [0, 0.05) is 19.4 Å². The SMILES string of the molecule is CN(C(=O)c1ccc(C(F)(F)F)cn1)c1ccncc1N. The molecule has 0 aromatic carbocycles. The van der Waals surface area contributed by atoms with Crippen LogP contribution in [0.3, 0.4) is 0 Å². The molecule has 2 aromatic heterocycles. The van der Waals surface area contributed by atoms with Crippen molar-refractivity contribution in [3.8, 4) is 0 Å². The molecular formula is C13H11F3N4O. The van der Waals surface area contributed by atoms with Gasteiger partial charge in [0.2, 0.25) is 0 Å². The molecule has 0 aliphatic heterocycles. The van der Waals surface area contributed by atoms with E-state index in [-0.39, 0.29) is 11.4 Å². The normalized spacial score (nSPS) is 11.2. The molecule has 2 aromatic rings. The van der Waals surface area contributed by atoms with E-state index in [1.165, 1.54) is 30.4 Å². The van der Waals surface area contributed by atoms with Gasteiger partial charge in [-0.3, -0.25) is 14.8 Å². The van der Waals surface area contributed by atoms with Gasteiger partial charge in [-0.1, -0.05) is 0 Å². The molecule has 110 valence electrons. The molecule has 1 amide bonds. The molecule has 0 fully saturated rings. The van der Waals surface area contributed by atoms with Crippen LogP contribution in [0, 0.1) is 0 Å². The lowest BCUT2D eigenvalue weighted by Gasteiger charge is -2.18. The number of amides is 1. The first-order chi connectivity index (χ1) is 9.80. The van der Waals surface area contributed by atoms with Crippen molar-refractivity contribution in [3.63, 3.8) is 0 Å². The second kappa shape index (κ2) is 5.39.